The summed E-state index contributed by atoms with van der Waals surface area (Å²) in [4.78, 5) is 0. The Kier molecular flexibility index (Phi) is 5.03. The third-order valence-corrected chi connectivity index (χ3v) is 3.56. The lowest BCUT2D eigenvalue weighted by Gasteiger charge is -2.24. The summed E-state index contributed by atoms with van der Waals surface area (Å²) in [6.45, 7) is 6.44. The molecule has 0 saturated heterocycles. The van der Waals surface area contributed by atoms with Gasteiger partial charge in [-0.25, -0.2) is 0 Å². The lowest BCUT2D eigenvalue weighted by Crippen LogP contribution is -2.36. The molecule has 3 heteroatoms. The van der Waals surface area contributed by atoms with Crippen LogP contribution in [0.3, 0.4) is 0 Å². The van der Waals surface area contributed by atoms with Crippen molar-refractivity contribution in [1.29, 1.82) is 0 Å². The van der Waals surface area contributed by atoms with Crippen LogP contribution in [0.25, 0.3) is 0 Å². The molecule has 18 heavy (non-hydrogen) atoms. The summed E-state index contributed by atoms with van der Waals surface area (Å²) in [6.07, 6.45) is 2.05. The smallest absolute Gasteiger partial charge is 0.128 e. The second-order valence-electron chi connectivity index (χ2n) is 5.22. The van der Waals surface area contributed by atoms with Crippen LogP contribution in [0, 0.1) is 6.92 Å². The summed E-state index contributed by atoms with van der Waals surface area (Å²) >= 11 is 0. The Morgan fingerprint density at radius 3 is 2.33 bits per heavy atom. The van der Waals surface area contributed by atoms with Crippen molar-refractivity contribution in [2.24, 2.45) is 0 Å². The molecule has 0 aromatic heterocycles. The van der Waals surface area contributed by atoms with E-state index in [2.05, 4.69) is 25.2 Å². The van der Waals surface area contributed by atoms with Crippen molar-refractivity contribution in [1.82, 2.24) is 5.32 Å². The molecule has 0 bridgehead atoms. The molecule has 102 valence electrons. The average molecular weight is 251 g/mol. The van der Waals surface area contributed by atoms with Crippen LogP contribution in [-0.4, -0.2) is 26.8 Å². The maximum absolute atomic E-state index is 5.52. The van der Waals surface area contributed by atoms with Crippen LogP contribution in [0.2, 0.25) is 0 Å². The van der Waals surface area contributed by atoms with E-state index in [9.17, 15) is 0 Å². The largest absolute Gasteiger partial charge is 0.496 e. The van der Waals surface area contributed by atoms with Gasteiger partial charge in [-0.1, -0.05) is 6.07 Å². The summed E-state index contributed by atoms with van der Waals surface area (Å²) < 4.78 is 10.8. The van der Waals surface area contributed by atoms with Gasteiger partial charge in [0.15, 0.2) is 0 Å². The molecular weight excluding hydrogens is 226 g/mol. The van der Waals surface area contributed by atoms with Gasteiger partial charge in [0.2, 0.25) is 0 Å². The number of hydrogen-bond donors (Lipinski definition) is 1. The molecule has 0 spiro atoms. The third-order valence-electron chi connectivity index (χ3n) is 3.56. The lowest BCUT2D eigenvalue weighted by atomic mass is 9.94. The Morgan fingerprint density at radius 1 is 1.17 bits per heavy atom. The molecule has 1 N–H and O–H groups in total. The number of rotatable bonds is 6. The predicted molar refractivity (Wildman–Crippen MR) is 75.7 cm³/mol. The third kappa shape index (κ3) is 3.39. The molecule has 3 nitrogen and oxygen atoms in total. The summed E-state index contributed by atoms with van der Waals surface area (Å²) in [5, 5.41) is 3.32. The Labute approximate surface area is 110 Å². The minimum absolute atomic E-state index is 0.138. The van der Waals surface area contributed by atoms with Gasteiger partial charge >= 0.3 is 0 Å². The molecule has 1 rings (SSSR count). The molecule has 0 aliphatic rings. The van der Waals surface area contributed by atoms with Gasteiger partial charge in [0.25, 0.3) is 0 Å². The number of hydrogen-bond acceptors (Lipinski definition) is 3. The van der Waals surface area contributed by atoms with E-state index >= 15 is 0 Å². The monoisotopic (exact) mass is 251 g/mol. The minimum Gasteiger partial charge on any atom is -0.496 e. The molecule has 0 atom stereocenters. The molecule has 0 aliphatic heterocycles. The Balaban J connectivity index is 2.93. The van der Waals surface area contributed by atoms with Crippen molar-refractivity contribution in [3.63, 3.8) is 0 Å². The first-order valence-electron chi connectivity index (χ1n) is 6.34. The van der Waals surface area contributed by atoms with Crippen molar-refractivity contribution in [2.75, 3.05) is 21.3 Å². The lowest BCUT2D eigenvalue weighted by molar-refractivity contribution is 0.373. The van der Waals surface area contributed by atoms with Crippen molar-refractivity contribution >= 4 is 0 Å². The van der Waals surface area contributed by atoms with E-state index in [1.165, 1.54) is 5.56 Å². The van der Waals surface area contributed by atoms with Gasteiger partial charge in [-0.15, -0.1) is 0 Å². The number of aryl methyl sites for hydroxylation is 1. The second-order valence-corrected chi connectivity index (χ2v) is 5.22. The quantitative estimate of drug-likeness (QED) is 0.843. The van der Waals surface area contributed by atoms with Crippen LogP contribution in [0.15, 0.2) is 12.1 Å². The van der Waals surface area contributed by atoms with Crippen LogP contribution in [0.5, 0.6) is 11.5 Å². The van der Waals surface area contributed by atoms with Crippen LogP contribution < -0.4 is 14.8 Å². The fraction of sp³-hybridized carbons (Fsp3) is 0.600. The first-order chi connectivity index (χ1) is 8.45. The topological polar surface area (TPSA) is 30.5 Å². The zero-order valence-corrected chi connectivity index (χ0v) is 12.4. The van der Waals surface area contributed by atoms with Crippen molar-refractivity contribution in [3.05, 3.63) is 23.3 Å². The van der Waals surface area contributed by atoms with E-state index in [0.29, 0.717) is 0 Å². The Bertz CT molecular complexity index is 400. The highest BCUT2D eigenvalue weighted by atomic mass is 16.5. The van der Waals surface area contributed by atoms with Gasteiger partial charge in [0, 0.05) is 11.1 Å². The van der Waals surface area contributed by atoms with E-state index in [1.807, 2.05) is 20.0 Å². The molecule has 1 aromatic rings. The standard InChI is InChI=1S/C15H25NO2/c1-11-13(17-5)8-7-12(14(11)18-6)9-10-15(2,3)16-4/h7-8,16H,9-10H2,1-6H3. The van der Waals surface area contributed by atoms with Crippen molar-refractivity contribution in [3.8, 4) is 11.5 Å². The molecule has 1 aromatic carbocycles. The van der Waals surface area contributed by atoms with Crippen LogP contribution in [0.1, 0.15) is 31.4 Å². The molecule has 0 saturated carbocycles. The highest BCUT2D eigenvalue weighted by Gasteiger charge is 2.17. The molecule has 0 radical (unpaired) electrons. The zero-order valence-electron chi connectivity index (χ0n) is 12.4. The van der Waals surface area contributed by atoms with Crippen LogP contribution >= 0.6 is 0 Å². The fourth-order valence-electron chi connectivity index (χ4n) is 2.00. The number of ether oxygens (including phenoxy) is 2. The highest BCUT2D eigenvalue weighted by Crippen LogP contribution is 2.32. The molecule has 0 fully saturated rings. The maximum atomic E-state index is 5.52. The Hall–Kier alpha value is -1.22. The fourth-order valence-corrected chi connectivity index (χ4v) is 2.00. The predicted octanol–water partition coefficient (Wildman–Crippen LogP) is 2.94. The molecule has 0 amide bonds. The minimum atomic E-state index is 0.138. The number of nitrogens with one attached hydrogen (secondary N) is 1. The first-order valence-corrected chi connectivity index (χ1v) is 6.34. The highest BCUT2D eigenvalue weighted by molar-refractivity contribution is 5.49. The summed E-state index contributed by atoms with van der Waals surface area (Å²) in [5.74, 6) is 1.82. The normalized spacial score (nSPS) is 11.4. The van der Waals surface area contributed by atoms with Crippen molar-refractivity contribution in [2.45, 2.75) is 39.2 Å². The first kappa shape index (κ1) is 14.8. The molecule has 0 heterocycles. The molecule has 0 aliphatic carbocycles. The van der Waals surface area contributed by atoms with E-state index in [0.717, 1.165) is 29.9 Å². The Morgan fingerprint density at radius 2 is 1.83 bits per heavy atom. The summed E-state index contributed by atoms with van der Waals surface area (Å²) in [7, 11) is 5.40. The van der Waals surface area contributed by atoms with E-state index in [-0.39, 0.29) is 5.54 Å². The van der Waals surface area contributed by atoms with Gasteiger partial charge in [-0.05, 0) is 52.3 Å². The second kappa shape index (κ2) is 6.10. The summed E-state index contributed by atoms with van der Waals surface area (Å²) in [6, 6.07) is 4.11. The SMILES string of the molecule is CNC(C)(C)CCc1ccc(OC)c(C)c1OC. The van der Waals surface area contributed by atoms with Gasteiger partial charge in [0.1, 0.15) is 11.5 Å². The van der Waals surface area contributed by atoms with E-state index in [1.54, 1.807) is 14.2 Å². The molecule has 0 unspecified atom stereocenters. The number of methoxy groups -OCH3 is 2. The van der Waals surface area contributed by atoms with E-state index < -0.39 is 0 Å². The summed E-state index contributed by atoms with van der Waals surface area (Å²) in [5.41, 5.74) is 2.44. The number of benzene rings is 1. The van der Waals surface area contributed by atoms with Gasteiger partial charge < -0.3 is 14.8 Å². The van der Waals surface area contributed by atoms with Gasteiger partial charge in [-0.3, -0.25) is 0 Å². The maximum Gasteiger partial charge on any atom is 0.128 e. The van der Waals surface area contributed by atoms with Gasteiger partial charge in [-0.2, -0.15) is 0 Å². The average Bonchev–Trinajstić information content (AvgIpc) is 2.36. The van der Waals surface area contributed by atoms with E-state index in [4.69, 9.17) is 9.47 Å². The molecular formula is C15H25NO2. The van der Waals surface area contributed by atoms with Crippen LogP contribution in [0.4, 0.5) is 0 Å². The zero-order chi connectivity index (χ0) is 13.8. The van der Waals surface area contributed by atoms with Crippen LogP contribution in [-0.2, 0) is 6.42 Å². The van der Waals surface area contributed by atoms with Gasteiger partial charge in [0.05, 0.1) is 14.2 Å². The van der Waals surface area contributed by atoms with Crippen molar-refractivity contribution < 1.29 is 9.47 Å².